The van der Waals surface area contributed by atoms with Crippen LogP contribution in [0.4, 0.5) is 0 Å². The summed E-state index contributed by atoms with van der Waals surface area (Å²) in [5.74, 6) is -0.0454. The largest absolute Gasteiger partial charge is 0.497 e. The Hall–Kier alpha value is -2.82. The first-order valence-corrected chi connectivity index (χ1v) is 6.63. The smallest absolute Gasteiger partial charge is 0.342 e. The SMILES string of the molecule is COc1ccc(OC)c(C(=O)OCC(=O)c2ccccc2)c1. The Morgan fingerprint density at radius 2 is 1.68 bits per heavy atom. The molecule has 0 aliphatic carbocycles. The Morgan fingerprint density at radius 1 is 0.955 bits per heavy atom. The Morgan fingerprint density at radius 3 is 2.32 bits per heavy atom. The van der Waals surface area contributed by atoms with Gasteiger partial charge >= 0.3 is 5.97 Å². The number of ketones is 1. The molecule has 0 saturated carbocycles. The molecule has 0 amide bonds. The molecule has 0 aliphatic rings. The number of Topliss-reactive ketones (excluding diaryl/α,β-unsaturated/α-hetero) is 1. The number of rotatable bonds is 6. The highest BCUT2D eigenvalue weighted by atomic mass is 16.5. The van der Waals surface area contributed by atoms with E-state index in [4.69, 9.17) is 14.2 Å². The summed E-state index contributed by atoms with van der Waals surface area (Å²) < 4.78 is 15.2. The first-order valence-electron chi connectivity index (χ1n) is 6.63. The van der Waals surface area contributed by atoms with Gasteiger partial charge in [-0.05, 0) is 18.2 Å². The van der Waals surface area contributed by atoms with Gasteiger partial charge in [-0.25, -0.2) is 4.79 Å². The topological polar surface area (TPSA) is 61.8 Å². The summed E-state index contributed by atoms with van der Waals surface area (Å²) in [7, 11) is 2.95. The molecule has 2 aromatic carbocycles. The lowest BCUT2D eigenvalue weighted by molar-refractivity contribution is 0.0471. The predicted molar refractivity (Wildman–Crippen MR) is 80.6 cm³/mol. The van der Waals surface area contributed by atoms with E-state index in [9.17, 15) is 9.59 Å². The molecule has 0 atom stereocenters. The van der Waals surface area contributed by atoms with Crippen molar-refractivity contribution in [1.82, 2.24) is 0 Å². The number of carbonyl (C=O) groups is 2. The van der Waals surface area contributed by atoms with Gasteiger partial charge in [0.25, 0.3) is 0 Å². The zero-order valence-electron chi connectivity index (χ0n) is 12.4. The van der Waals surface area contributed by atoms with Crippen LogP contribution in [-0.2, 0) is 4.74 Å². The van der Waals surface area contributed by atoms with Gasteiger partial charge in [0, 0.05) is 5.56 Å². The lowest BCUT2D eigenvalue weighted by Crippen LogP contribution is -2.15. The van der Waals surface area contributed by atoms with Crippen molar-refractivity contribution in [3.63, 3.8) is 0 Å². The summed E-state index contributed by atoms with van der Waals surface area (Å²) in [6, 6.07) is 13.4. The van der Waals surface area contributed by atoms with E-state index in [0.29, 0.717) is 17.1 Å². The van der Waals surface area contributed by atoms with E-state index in [-0.39, 0.29) is 18.0 Å². The molecule has 0 heterocycles. The minimum atomic E-state index is -0.639. The Bertz CT molecular complexity index is 664. The van der Waals surface area contributed by atoms with Gasteiger partial charge < -0.3 is 14.2 Å². The summed E-state index contributed by atoms with van der Waals surface area (Å²) in [5, 5.41) is 0. The van der Waals surface area contributed by atoms with Gasteiger partial charge in [-0.3, -0.25) is 4.79 Å². The molecular weight excluding hydrogens is 284 g/mol. The maximum Gasteiger partial charge on any atom is 0.342 e. The second kappa shape index (κ2) is 7.26. The number of ether oxygens (including phenoxy) is 3. The van der Waals surface area contributed by atoms with Crippen LogP contribution in [0, 0.1) is 0 Å². The van der Waals surface area contributed by atoms with Crippen molar-refractivity contribution in [3.8, 4) is 11.5 Å². The zero-order valence-corrected chi connectivity index (χ0v) is 12.4. The van der Waals surface area contributed by atoms with E-state index in [0.717, 1.165) is 0 Å². The fourth-order valence-corrected chi connectivity index (χ4v) is 1.89. The highest BCUT2D eigenvalue weighted by Gasteiger charge is 2.17. The normalized spacial score (nSPS) is 9.91. The number of hydrogen-bond donors (Lipinski definition) is 0. The molecule has 0 spiro atoms. The molecule has 5 nitrogen and oxygen atoms in total. The summed E-state index contributed by atoms with van der Waals surface area (Å²) >= 11 is 0. The minimum absolute atomic E-state index is 0.211. The minimum Gasteiger partial charge on any atom is -0.497 e. The van der Waals surface area contributed by atoms with E-state index in [1.807, 2.05) is 6.07 Å². The van der Waals surface area contributed by atoms with Crippen LogP contribution >= 0.6 is 0 Å². The highest BCUT2D eigenvalue weighted by molar-refractivity contribution is 6.00. The number of methoxy groups -OCH3 is 2. The van der Waals surface area contributed by atoms with E-state index in [1.54, 1.807) is 36.4 Å². The van der Waals surface area contributed by atoms with E-state index in [1.165, 1.54) is 20.3 Å². The molecule has 0 saturated heterocycles. The first-order chi connectivity index (χ1) is 10.7. The van der Waals surface area contributed by atoms with E-state index in [2.05, 4.69) is 0 Å². The molecule has 5 heteroatoms. The molecule has 0 radical (unpaired) electrons. The van der Waals surface area contributed by atoms with Gasteiger partial charge in [-0.1, -0.05) is 30.3 Å². The summed E-state index contributed by atoms with van der Waals surface area (Å²) in [5.41, 5.74) is 0.704. The van der Waals surface area contributed by atoms with Crippen molar-refractivity contribution in [2.75, 3.05) is 20.8 Å². The Balaban J connectivity index is 2.08. The average Bonchev–Trinajstić information content (AvgIpc) is 2.59. The molecule has 22 heavy (non-hydrogen) atoms. The van der Waals surface area contributed by atoms with Crippen LogP contribution < -0.4 is 9.47 Å². The molecular formula is C17H16O5. The molecule has 0 N–H and O–H groups in total. The second-order valence-corrected chi connectivity index (χ2v) is 4.43. The van der Waals surface area contributed by atoms with E-state index >= 15 is 0 Å². The second-order valence-electron chi connectivity index (χ2n) is 4.43. The Kier molecular flexibility index (Phi) is 5.14. The summed E-state index contributed by atoms with van der Waals surface area (Å²) in [6.07, 6.45) is 0. The highest BCUT2D eigenvalue weighted by Crippen LogP contribution is 2.24. The van der Waals surface area contributed by atoms with Crippen LogP contribution in [0.5, 0.6) is 11.5 Å². The first kappa shape index (κ1) is 15.6. The van der Waals surface area contributed by atoms with Crippen LogP contribution in [0.2, 0.25) is 0 Å². The monoisotopic (exact) mass is 300 g/mol. The van der Waals surface area contributed by atoms with Gasteiger partial charge in [-0.15, -0.1) is 0 Å². The van der Waals surface area contributed by atoms with Crippen molar-refractivity contribution < 1.29 is 23.8 Å². The quantitative estimate of drug-likeness (QED) is 0.606. The molecule has 0 unspecified atom stereocenters. The van der Waals surface area contributed by atoms with Gasteiger partial charge in [-0.2, -0.15) is 0 Å². The third-order valence-corrected chi connectivity index (χ3v) is 3.06. The van der Waals surface area contributed by atoms with Crippen molar-refractivity contribution in [1.29, 1.82) is 0 Å². The Labute approximate surface area is 128 Å². The molecule has 2 rings (SSSR count). The maximum atomic E-state index is 12.1. The van der Waals surface area contributed by atoms with Crippen LogP contribution in [0.25, 0.3) is 0 Å². The molecule has 0 bridgehead atoms. The molecule has 0 fully saturated rings. The van der Waals surface area contributed by atoms with Crippen molar-refractivity contribution in [2.24, 2.45) is 0 Å². The van der Waals surface area contributed by atoms with Crippen LogP contribution in [-0.4, -0.2) is 32.6 Å². The van der Waals surface area contributed by atoms with Crippen LogP contribution in [0.1, 0.15) is 20.7 Å². The lowest BCUT2D eigenvalue weighted by Gasteiger charge is -2.10. The van der Waals surface area contributed by atoms with Crippen LogP contribution in [0.3, 0.4) is 0 Å². The van der Waals surface area contributed by atoms with Gasteiger partial charge in [0.2, 0.25) is 0 Å². The fraction of sp³-hybridized carbons (Fsp3) is 0.176. The van der Waals surface area contributed by atoms with Gasteiger partial charge in [0.1, 0.15) is 17.1 Å². The number of esters is 1. The summed E-state index contributed by atoms with van der Waals surface area (Å²) in [4.78, 5) is 24.0. The third kappa shape index (κ3) is 3.63. The lowest BCUT2D eigenvalue weighted by atomic mass is 10.1. The maximum absolute atomic E-state index is 12.1. The number of hydrogen-bond acceptors (Lipinski definition) is 5. The predicted octanol–water partition coefficient (Wildman–Crippen LogP) is 2.74. The molecule has 0 aliphatic heterocycles. The molecule has 114 valence electrons. The molecule has 0 aromatic heterocycles. The number of benzene rings is 2. The fourth-order valence-electron chi connectivity index (χ4n) is 1.89. The van der Waals surface area contributed by atoms with Crippen molar-refractivity contribution >= 4 is 11.8 Å². The van der Waals surface area contributed by atoms with Crippen molar-refractivity contribution in [3.05, 3.63) is 59.7 Å². The standard InChI is InChI=1S/C17H16O5/c1-20-13-8-9-16(21-2)14(10-13)17(19)22-11-15(18)12-6-4-3-5-7-12/h3-10H,11H2,1-2H3. The number of carbonyl (C=O) groups excluding carboxylic acids is 2. The zero-order chi connectivity index (χ0) is 15.9. The third-order valence-electron chi connectivity index (χ3n) is 3.06. The summed E-state index contributed by atoms with van der Waals surface area (Å²) in [6.45, 7) is -0.330. The van der Waals surface area contributed by atoms with Crippen LogP contribution in [0.15, 0.2) is 48.5 Å². The van der Waals surface area contributed by atoms with E-state index < -0.39 is 5.97 Å². The van der Waals surface area contributed by atoms with Crippen molar-refractivity contribution in [2.45, 2.75) is 0 Å². The van der Waals surface area contributed by atoms with Gasteiger partial charge in [0.15, 0.2) is 12.4 Å². The van der Waals surface area contributed by atoms with Gasteiger partial charge in [0.05, 0.1) is 14.2 Å². The molecule has 2 aromatic rings. The average molecular weight is 300 g/mol.